The Hall–Kier alpha value is -1.77. The van der Waals surface area contributed by atoms with E-state index in [0.29, 0.717) is 10.4 Å². The molecule has 0 atom stereocenters. The molecule has 0 aromatic heterocycles. The molecule has 0 fully saturated rings. The summed E-state index contributed by atoms with van der Waals surface area (Å²) in [5.74, 6) is -4.90. The summed E-state index contributed by atoms with van der Waals surface area (Å²) in [5, 5.41) is 2.50. The minimum absolute atomic E-state index is 0.0863. The average molecular weight is 352 g/mol. The second-order valence-corrected chi connectivity index (χ2v) is 7.38. The molecule has 0 bridgehead atoms. The Morgan fingerprint density at radius 2 is 1.83 bits per heavy atom. The lowest BCUT2D eigenvalue weighted by atomic mass is 10.1. The van der Waals surface area contributed by atoms with Gasteiger partial charge in [-0.1, -0.05) is 13.8 Å². The summed E-state index contributed by atoms with van der Waals surface area (Å²) in [6, 6.07) is 1.48. The smallest absolute Gasteiger partial charge is 0.232 e. The van der Waals surface area contributed by atoms with Gasteiger partial charge >= 0.3 is 0 Å². The van der Waals surface area contributed by atoms with Gasteiger partial charge in [0, 0.05) is 13.0 Å². The highest BCUT2D eigenvalue weighted by Gasteiger charge is 2.24. The van der Waals surface area contributed by atoms with E-state index in [9.17, 15) is 26.4 Å². The maximum Gasteiger partial charge on any atom is 0.232 e. The molecule has 1 amide bonds. The van der Waals surface area contributed by atoms with Gasteiger partial charge in [-0.3, -0.25) is 9.10 Å². The fourth-order valence-electron chi connectivity index (χ4n) is 1.91. The SMILES string of the molecule is CC(C)CC(=O)NCCN(c1ccc(F)c(F)c1F)S(C)(=O)=O. The van der Waals surface area contributed by atoms with Gasteiger partial charge in [0.15, 0.2) is 17.5 Å². The quantitative estimate of drug-likeness (QED) is 0.764. The number of halogens is 3. The van der Waals surface area contributed by atoms with E-state index in [1.165, 1.54) is 0 Å². The van der Waals surface area contributed by atoms with Crippen LogP contribution in [-0.4, -0.2) is 33.7 Å². The first-order chi connectivity index (χ1) is 10.5. The lowest BCUT2D eigenvalue weighted by molar-refractivity contribution is -0.121. The van der Waals surface area contributed by atoms with E-state index < -0.39 is 33.2 Å². The van der Waals surface area contributed by atoms with Crippen LogP contribution in [0.5, 0.6) is 0 Å². The number of hydrogen-bond donors (Lipinski definition) is 1. The number of sulfonamides is 1. The van der Waals surface area contributed by atoms with Crippen molar-refractivity contribution in [3.63, 3.8) is 0 Å². The summed E-state index contributed by atoms with van der Waals surface area (Å²) in [6.45, 7) is 3.31. The van der Waals surface area contributed by atoms with Crippen LogP contribution >= 0.6 is 0 Å². The number of carbonyl (C=O) groups excluding carboxylic acids is 1. The summed E-state index contributed by atoms with van der Waals surface area (Å²) in [5.41, 5.74) is -0.607. The Bertz CT molecular complexity index is 678. The third-order valence-corrected chi connectivity index (χ3v) is 4.09. The monoisotopic (exact) mass is 352 g/mol. The summed E-state index contributed by atoms with van der Waals surface area (Å²) in [7, 11) is -3.94. The fraction of sp³-hybridized carbons (Fsp3) is 0.500. The Labute approximate surface area is 133 Å². The van der Waals surface area contributed by atoms with Crippen LogP contribution in [0, 0.1) is 23.4 Å². The highest BCUT2D eigenvalue weighted by molar-refractivity contribution is 7.92. The normalized spacial score (nSPS) is 11.6. The number of hydrogen-bond acceptors (Lipinski definition) is 3. The van der Waals surface area contributed by atoms with Crippen LogP contribution < -0.4 is 9.62 Å². The summed E-state index contributed by atoms with van der Waals surface area (Å²) in [4.78, 5) is 11.5. The zero-order chi connectivity index (χ0) is 17.8. The lowest BCUT2D eigenvalue weighted by Crippen LogP contribution is -2.39. The maximum absolute atomic E-state index is 13.8. The molecule has 130 valence electrons. The number of anilines is 1. The molecule has 23 heavy (non-hydrogen) atoms. The van der Waals surface area contributed by atoms with E-state index in [-0.39, 0.29) is 31.3 Å². The van der Waals surface area contributed by atoms with E-state index in [1.54, 1.807) is 0 Å². The molecule has 1 aromatic rings. The molecule has 1 aromatic carbocycles. The van der Waals surface area contributed by atoms with Crippen molar-refractivity contribution in [2.75, 3.05) is 23.7 Å². The van der Waals surface area contributed by atoms with Crippen LogP contribution in [0.25, 0.3) is 0 Å². The minimum atomic E-state index is -3.94. The van der Waals surface area contributed by atoms with Crippen LogP contribution in [0.2, 0.25) is 0 Å². The standard InChI is InChI=1S/C14H19F3N2O3S/c1-9(2)8-12(20)18-6-7-19(23(3,21)22)11-5-4-10(15)13(16)14(11)17/h4-5,9H,6-8H2,1-3H3,(H,18,20). The first kappa shape index (κ1) is 19.3. The van der Waals surface area contributed by atoms with Gasteiger partial charge in [-0.05, 0) is 18.1 Å². The third kappa shape index (κ3) is 5.42. The van der Waals surface area contributed by atoms with Gasteiger partial charge in [0.2, 0.25) is 15.9 Å². The van der Waals surface area contributed by atoms with E-state index in [1.807, 2.05) is 13.8 Å². The fourth-order valence-corrected chi connectivity index (χ4v) is 2.83. The Kier molecular flexibility index (Phi) is 6.43. The molecular weight excluding hydrogens is 333 g/mol. The second kappa shape index (κ2) is 7.67. The highest BCUT2D eigenvalue weighted by Crippen LogP contribution is 2.25. The van der Waals surface area contributed by atoms with E-state index >= 15 is 0 Å². The van der Waals surface area contributed by atoms with E-state index in [4.69, 9.17) is 0 Å². The molecule has 1 N–H and O–H groups in total. The van der Waals surface area contributed by atoms with Gasteiger partial charge in [0.25, 0.3) is 0 Å². The van der Waals surface area contributed by atoms with E-state index in [0.717, 1.165) is 12.3 Å². The van der Waals surface area contributed by atoms with Gasteiger partial charge in [0.05, 0.1) is 18.5 Å². The first-order valence-electron chi connectivity index (χ1n) is 6.92. The average Bonchev–Trinajstić information content (AvgIpc) is 2.40. The highest BCUT2D eigenvalue weighted by atomic mass is 32.2. The summed E-state index contributed by atoms with van der Waals surface area (Å²) < 4.78 is 64.2. The van der Waals surface area contributed by atoms with E-state index in [2.05, 4.69) is 5.32 Å². The molecule has 9 heteroatoms. The number of nitrogens with one attached hydrogen (secondary N) is 1. The Balaban J connectivity index is 2.92. The number of rotatable bonds is 7. The molecule has 0 aliphatic heterocycles. The van der Waals surface area contributed by atoms with Gasteiger partial charge in [-0.15, -0.1) is 0 Å². The van der Waals surface area contributed by atoms with Crippen molar-refractivity contribution in [2.24, 2.45) is 5.92 Å². The van der Waals surface area contributed by atoms with Crippen molar-refractivity contribution in [3.8, 4) is 0 Å². The van der Waals surface area contributed by atoms with Crippen molar-refractivity contribution in [1.29, 1.82) is 0 Å². The number of carbonyl (C=O) groups is 1. The first-order valence-corrected chi connectivity index (χ1v) is 8.76. The maximum atomic E-state index is 13.8. The minimum Gasteiger partial charge on any atom is -0.354 e. The predicted octanol–water partition coefficient (Wildman–Crippen LogP) is 2.03. The van der Waals surface area contributed by atoms with Crippen LogP contribution in [0.15, 0.2) is 12.1 Å². The van der Waals surface area contributed by atoms with Crippen molar-refractivity contribution in [1.82, 2.24) is 5.32 Å². The number of benzene rings is 1. The predicted molar refractivity (Wildman–Crippen MR) is 81.0 cm³/mol. The molecule has 0 aliphatic rings. The van der Waals surface area contributed by atoms with Crippen molar-refractivity contribution < 1.29 is 26.4 Å². The van der Waals surface area contributed by atoms with Gasteiger partial charge in [0.1, 0.15) is 0 Å². The molecule has 5 nitrogen and oxygen atoms in total. The van der Waals surface area contributed by atoms with Crippen molar-refractivity contribution in [2.45, 2.75) is 20.3 Å². The van der Waals surface area contributed by atoms with Crippen LogP contribution in [0.1, 0.15) is 20.3 Å². The summed E-state index contributed by atoms with van der Waals surface area (Å²) >= 11 is 0. The summed E-state index contributed by atoms with van der Waals surface area (Å²) in [6.07, 6.45) is 1.07. The molecule has 0 heterocycles. The molecular formula is C14H19F3N2O3S. The Morgan fingerprint density at radius 1 is 1.22 bits per heavy atom. The molecule has 0 saturated carbocycles. The van der Waals surface area contributed by atoms with Gasteiger partial charge < -0.3 is 5.32 Å². The topological polar surface area (TPSA) is 66.5 Å². The van der Waals surface area contributed by atoms with Crippen molar-refractivity contribution >= 4 is 21.6 Å². The number of nitrogens with zero attached hydrogens (tertiary/aromatic N) is 1. The van der Waals surface area contributed by atoms with Crippen molar-refractivity contribution in [3.05, 3.63) is 29.6 Å². The van der Waals surface area contributed by atoms with Gasteiger partial charge in [-0.25, -0.2) is 21.6 Å². The third-order valence-electron chi connectivity index (χ3n) is 2.91. The molecule has 1 rings (SSSR count). The largest absolute Gasteiger partial charge is 0.354 e. The molecule has 0 aliphatic carbocycles. The Morgan fingerprint density at radius 3 is 2.35 bits per heavy atom. The molecule has 0 spiro atoms. The molecule has 0 radical (unpaired) electrons. The zero-order valence-corrected chi connectivity index (χ0v) is 13.9. The lowest BCUT2D eigenvalue weighted by Gasteiger charge is -2.23. The zero-order valence-electron chi connectivity index (χ0n) is 13.1. The van der Waals surface area contributed by atoms with Gasteiger partial charge in [-0.2, -0.15) is 0 Å². The second-order valence-electron chi connectivity index (χ2n) is 5.48. The molecule has 0 saturated heterocycles. The number of amides is 1. The van der Waals surface area contributed by atoms with Crippen LogP contribution in [-0.2, 0) is 14.8 Å². The van der Waals surface area contributed by atoms with Crippen LogP contribution in [0.3, 0.4) is 0 Å². The van der Waals surface area contributed by atoms with Crippen LogP contribution in [0.4, 0.5) is 18.9 Å². The molecule has 0 unspecified atom stereocenters.